The summed E-state index contributed by atoms with van der Waals surface area (Å²) < 4.78 is 0. The first kappa shape index (κ1) is 11.9. The molecule has 0 saturated carbocycles. The van der Waals surface area contributed by atoms with Gasteiger partial charge in [-0.2, -0.15) is 0 Å². The van der Waals surface area contributed by atoms with E-state index >= 15 is 0 Å². The normalized spacial score (nSPS) is 10.7. The van der Waals surface area contributed by atoms with Crippen LogP contribution in [0.15, 0.2) is 36.5 Å². The first-order valence-corrected chi connectivity index (χ1v) is 6.45. The molecule has 2 rings (SSSR count). The molecule has 0 spiro atoms. The third-order valence-electron chi connectivity index (χ3n) is 2.95. The van der Waals surface area contributed by atoms with Crippen molar-refractivity contribution in [1.29, 1.82) is 0 Å². The van der Waals surface area contributed by atoms with E-state index in [4.69, 9.17) is 0 Å². The summed E-state index contributed by atoms with van der Waals surface area (Å²) in [7, 11) is 0. The smallest absolute Gasteiger partial charge is 0.0722 e. The van der Waals surface area contributed by atoms with Gasteiger partial charge in [-0.1, -0.05) is 32.0 Å². The highest BCUT2D eigenvalue weighted by Gasteiger charge is 2.08. The molecule has 90 valence electrons. The Hall–Kier alpha value is -1.57. The maximum absolute atomic E-state index is 4.42. The van der Waals surface area contributed by atoms with Crippen molar-refractivity contribution in [2.75, 3.05) is 18.0 Å². The Labute approximate surface area is 103 Å². The molecule has 0 amide bonds. The number of hydrogen-bond acceptors (Lipinski definition) is 2. The molecule has 1 aromatic heterocycles. The molecule has 0 aliphatic rings. The summed E-state index contributed by atoms with van der Waals surface area (Å²) in [4.78, 5) is 6.88. The van der Waals surface area contributed by atoms with Gasteiger partial charge < -0.3 is 4.90 Å². The van der Waals surface area contributed by atoms with Gasteiger partial charge in [0.1, 0.15) is 0 Å². The topological polar surface area (TPSA) is 16.1 Å². The van der Waals surface area contributed by atoms with Crippen molar-refractivity contribution in [2.24, 2.45) is 0 Å². The Morgan fingerprint density at radius 1 is 1.00 bits per heavy atom. The molecule has 0 bridgehead atoms. The van der Waals surface area contributed by atoms with Gasteiger partial charge in [-0.05, 0) is 25.0 Å². The highest BCUT2D eigenvalue weighted by atomic mass is 15.1. The van der Waals surface area contributed by atoms with Crippen molar-refractivity contribution >= 4 is 16.6 Å². The highest BCUT2D eigenvalue weighted by Crippen LogP contribution is 2.25. The van der Waals surface area contributed by atoms with Crippen molar-refractivity contribution in [3.8, 4) is 0 Å². The summed E-state index contributed by atoms with van der Waals surface area (Å²) in [5.41, 5.74) is 2.40. The van der Waals surface area contributed by atoms with Crippen molar-refractivity contribution in [3.05, 3.63) is 36.5 Å². The molecular formula is C15H20N2. The zero-order valence-corrected chi connectivity index (χ0v) is 10.7. The third kappa shape index (κ3) is 2.57. The van der Waals surface area contributed by atoms with Crippen LogP contribution in [0.5, 0.6) is 0 Å². The van der Waals surface area contributed by atoms with E-state index in [2.05, 4.69) is 48.0 Å². The fourth-order valence-corrected chi connectivity index (χ4v) is 2.25. The Kier molecular flexibility index (Phi) is 3.97. The number of anilines is 1. The molecule has 0 aliphatic heterocycles. The summed E-state index contributed by atoms with van der Waals surface area (Å²) in [6.45, 7) is 6.68. The molecule has 0 atom stereocenters. The summed E-state index contributed by atoms with van der Waals surface area (Å²) >= 11 is 0. The number of nitrogens with zero attached hydrogens (tertiary/aromatic N) is 2. The summed E-state index contributed by atoms with van der Waals surface area (Å²) in [6, 6.07) is 10.5. The van der Waals surface area contributed by atoms with Gasteiger partial charge in [-0.25, -0.2) is 0 Å². The number of pyridine rings is 1. The van der Waals surface area contributed by atoms with Crippen LogP contribution in [0.3, 0.4) is 0 Å². The predicted molar refractivity (Wildman–Crippen MR) is 74.5 cm³/mol. The number of benzene rings is 1. The molecule has 1 aromatic carbocycles. The lowest BCUT2D eigenvalue weighted by Crippen LogP contribution is -2.25. The first-order valence-electron chi connectivity index (χ1n) is 6.45. The second-order valence-electron chi connectivity index (χ2n) is 4.33. The van der Waals surface area contributed by atoms with Gasteiger partial charge in [-0.3, -0.25) is 4.98 Å². The van der Waals surface area contributed by atoms with Gasteiger partial charge in [0, 0.05) is 30.4 Å². The van der Waals surface area contributed by atoms with E-state index in [-0.39, 0.29) is 0 Å². The number of fused-ring (bicyclic) bond motifs is 1. The quantitative estimate of drug-likeness (QED) is 0.772. The summed E-state index contributed by atoms with van der Waals surface area (Å²) in [6.07, 6.45) is 4.27. The number of rotatable bonds is 5. The fraction of sp³-hybridized carbons (Fsp3) is 0.400. The van der Waals surface area contributed by atoms with Crippen LogP contribution in [0.2, 0.25) is 0 Å². The van der Waals surface area contributed by atoms with Crippen molar-refractivity contribution in [1.82, 2.24) is 4.98 Å². The minimum absolute atomic E-state index is 1.09. The van der Waals surface area contributed by atoms with E-state index in [1.165, 1.54) is 23.9 Å². The predicted octanol–water partition coefficient (Wildman–Crippen LogP) is 3.86. The molecule has 1 heterocycles. The number of hydrogen-bond donors (Lipinski definition) is 0. The minimum atomic E-state index is 1.09. The van der Waals surface area contributed by atoms with Crippen molar-refractivity contribution in [2.45, 2.75) is 26.7 Å². The second-order valence-corrected chi connectivity index (χ2v) is 4.33. The molecule has 2 heteroatoms. The number of para-hydroxylation sites is 1. The molecule has 0 radical (unpaired) electrons. The molecule has 17 heavy (non-hydrogen) atoms. The lowest BCUT2D eigenvalue weighted by Gasteiger charge is -2.25. The zero-order valence-electron chi connectivity index (χ0n) is 10.7. The lowest BCUT2D eigenvalue weighted by atomic mass is 10.1. The summed E-state index contributed by atoms with van der Waals surface area (Å²) in [5, 5.41) is 1.26. The van der Waals surface area contributed by atoms with Crippen LogP contribution in [0.1, 0.15) is 26.7 Å². The Morgan fingerprint density at radius 3 is 2.41 bits per heavy atom. The molecular weight excluding hydrogens is 208 g/mol. The monoisotopic (exact) mass is 228 g/mol. The molecule has 2 nitrogen and oxygen atoms in total. The van der Waals surface area contributed by atoms with E-state index in [0.29, 0.717) is 0 Å². The average molecular weight is 228 g/mol. The van der Waals surface area contributed by atoms with Crippen LogP contribution in [0, 0.1) is 0 Å². The lowest BCUT2D eigenvalue weighted by molar-refractivity contribution is 0.747. The van der Waals surface area contributed by atoms with Crippen molar-refractivity contribution in [3.63, 3.8) is 0 Å². The largest absolute Gasteiger partial charge is 0.371 e. The van der Waals surface area contributed by atoms with Crippen LogP contribution in [0.25, 0.3) is 10.9 Å². The van der Waals surface area contributed by atoms with Gasteiger partial charge >= 0.3 is 0 Å². The van der Waals surface area contributed by atoms with E-state index in [9.17, 15) is 0 Å². The van der Waals surface area contributed by atoms with E-state index in [1.807, 2.05) is 12.3 Å². The number of aromatic nitrogens is 1. The van der Waals surface area contributed by atoms with Gasteiger partial charge in [0.25, 0.3) is 0 Å². The van der Waals surface area contributed by atoms with E-state index < -0.39 is 0 Å². The van der Waals surface area contributed by atoms with Crippen LogP contribution in [-0.2, 0) is 0 Å². The standard InChI is InChI=1S/C15H20N2/c1-3-11-17(12-4-2)15-9-10-16-14-8-6-5-7-13(14)15/h5-10H,3-4,11-12H2,1-2H3. The SMILES string of the molecule is CCCN(CCC)c1ccnc2ccccc12. The van der Waals surface area contributed by atoms with E-state index in [1.54, 1.807) is 0 Å². The van der Waals surface area contributed by atoms with Gasteiger partial charge in [0.05, 0.1) is 5.52 Å². The third-order valence-corrected chi connectivity index (χ3v) is 2.95. The Morgan fingerprint density at radius 2 is 1.71 bits per heavy atom. The summed E-state index contributed by atoms with van der Waals surface area (Å²) in [5.74, 6) is 0. The molecule has 2 aromatic rings. The van der Waals surface area contributed by atoms with Gasteiger partial charge in [-0.15, -0.1) is 0 Å². The molecule has 0 aliphatic carbocycles. The highest BCUT2D eigenvalue weighted by molar-refractivity contribution is 5.91. The maximum Gasteiger partial charge on any atom is 0.0722 e. The molecule has 0 fully saturated rings. The Bertz CT molecular complexity index is 468. The van der Waals surface area contributed by atoms with Crippen LogP contribution in [0.4, 0.5) is 5.69 Å². The zero-order chi connectivity index (χ0) is 12.1. The van der Waals surface area contributed by atoms with Crippen LogP contribution < -0.4 is 4.90 Å². The van der Waals surface area contributed by atoms with Gasteiger partial charge in [0.2, 0.25) is 0 Å². The Balaban J connectivity index is 2.44. The molecule has 0 saturated heterocycles. The molecule has 0 unspecified atom stereocenters. The van der Waals surface area contributed by atoms with Gasteiger partial charge in [0.15, 0.2) is 0 Å². The van der Waals surface area contributed by atoms with Crippen molar-refractivity contribution < 1.29 is 0 Å². The molecule has 0 N–H and O–H groups in total. The van der Waals surface area contributed by atoms with Crippen LogP contribution >= 0.6 is 0 Å². The fourth-order valence-electron chi connectivity index (χ4n) is 2.25. The average Bonchev–Trinajstić information content (AvgIpc) is 2.38. The second kappa shape index (κ2) is 5.67. The first-order chi connectivity index (χ1) is 8.36. The van der Waals surface area contributed by atoms with Crippen LogP contribution in [-0.4, -0.2) is 18.1 Å². The minimum Gasteiger partial charge on any atom is -0.371 e. The van der Waals surface area contributed by atoms with E-state index in [0.717, 1.165) is 18.6 Å². The maximum atomic E-state index is 4.42.